The van der Waals surface area contributed by atoms with Gasteiger partial charge in [0, 0.05) is 10.4 Å². The van der Waals surface area contributed by atoms with Crippen molar-refractivity contribution in [2.24, 2.45) is 0 Å². The fraction of sp³-hybridized carbons (Fsp3) is 0.167. The number of carboxylic acid groups (broad SMARTS) is 1. The number of aryl methyl sites for hydroxylation is 1. The largest absolute Gasteiger partial charge is 0.481 e. The number of rotatable bonds is 4. The fourth-order valence-corrected chi connectivity index (χ4v) is 3.30. The lowest BCUT2D eigenvalue weighted by Gasteiger charge is -2.40. The van der Waals surface area contributed by atoms with Gasteiger partial charge < -0.3 is 5.11 Å². The molecule has 122 valence electrons. The van der Waals surface area contributed by atoms with Crippen LogP contribution in [0.2, 0.25) is 0 Å². The molecule has 1 aromatic heterocycles. The van der Waals surface area contributed by atoms with Crippen molar-refractivity contribution in [3.8, 4) is 10.6 Å². The van der Waals surface area contributed by atoms with Gasteiger partial charge in [0.15, 0.2) is 0 Å². The lowest BCUT2D eigenvalue weighted by atomic mass is 10.2. The zero-order valence-corrected chi connectivity index (χ0v) is 12.7. The van der Waals surface area contributed by atoms with Gasteiger partial charge in [-0.3, -0.25) is 4.79 Å². The van der Waals surface area contributed by atoms with Crippen LogP contribution in [0, 0.1) is 6.92 Å². The van der Waals surface area contributed by atoms with Gasteiger partial charge in [-0.25, -0.2) is 4.98 Å². The summed E-state index contributed by atoms with van der Waals surface area (Å²) >= 11 is 1.09. The Hall–Kier alpha value is -1.68. The minimum Gasteiger partial charge on any atom is -0.481 e. The maximum atomic E-state index is 12.6. The topological polar surface area (TPSA) is 50.2 Å². The molecule has 1 aromatic carbocycles. The zero-order valence-electron chi connectivity index (χ0n) is 11.0. The Bertz CT molecular complexity index is 737. The predicted molar refractivity (Wildman–Crippen MR) is 75.0 cm³/mol. The van der Waals surface area contributed by atoms with Crippen LogP contribution in [0.5, 0.6) is 0 Å². The van der Waals surface area contributed by atoms with Crippen molar-refractivity contribution in [1.82, 2.24) is 4.98 Å². The SMILES string of the molecule is Cc1sc(-c2ccc(S(F)(F)(F)(F)F)cc2)nc1CC(=O)O. The summed E-state index contributed by atoms with van der Waals surface area (Å²) in [4.78, 5) is 13.3. The standard InChI is InChI=1S/C12H10F5NO2S2/c1-7-10(6-11(19)20)18-12(21-7)8-2-4-9(5-3-8)22(13,14,15,16)17/h2-5H,6H2,1H3,(H,19,20). The van der Waals surface area contributed by atoms with E-state index in [1.165, 1.54) is 0 Å². The van der Waals surface area contributed by atoms with Crippen LogP contribution in [0.15, 0.2) is 29.2 Å². The first-order chi connectivity index (χ1) is 9.76. The van der Waals surface area contributed by atoms with E-state index in [0.29, 0.717) is 22.7 Å². The highest BCUT2D eigenvalue weighted by Gasteiger charge is 2.65. The summed E-state index contributed by atoms with van der Waals surface area (Å²) in [5.41, 5.74) is 0.514. The molecule has 22 heavy (non-hydrogen) atoms. The highest BCUT2D eigenvalue weighted by Crippen LogP contribution is 3.02. The van der Waals surface area contributed by atoms with Crippen LogP contribution in [0.3, 0.4) is 0 Å². The number of hydrogen-bond donors (Lipinski definition) is 1. The zero-order chi connectivity index (χ0) is 16.8. The van der Waals surface area contributed by atoms with E-state index >= 15 is 0 Å². The summed E-state index contributed by atoms with van der Waals surface area (Å²) in [5.74, 6) is -1.09. The van der Waals surface area contributed by atoms with Gasteiger partial charge in [-0.1, -0.05) is 31.6 Å². The van der Waals surface area contributed by atoms with Gasteiger partial charge in [0.1, 0.15) is 9.90 Å². The van der Waals surface area contributed by atoms with Crippen LogP contribution in [-0.4, -0.2) is 16.1 Å². The normalized spacial score (nSPS) is 15.2. The summed E-state index contributed by atoms with van der Waals surface area (Å²) in [6, 6.07) is 2.42. The van der Waals surface area contributed by atoms with Crippen molar-refractivity contribution in [3.05, 3.63) is 34.8 Å². The van der Waals surface area contributed by atoms with E-state index in [9.17, 15) is 24.2 Å². The molecule has 0 atom stereocenters. The molecule has 1 heterocycles. The van der Waals surface area contributed by atoms with Gasteiger partial charge in [-0.15, -0.1) is 11.3 Å². The fourth-order valence-electron chi connectivity index (χ4n) is 1.71. The molecule has 2 aromatic rings. The summed E-state index contributed by atoms with van der Waals surface area (Å²) in [6.45, 7) is 1.63. The van der Waals surface area contributed by atoms with E-state index in [0.717, 1.165) is 23.5 Å². The van der Waals surface area contributed by atoms with Crippen molar-refractivity contribution in [1.29, 1.82) is 0 Å². The number of aliphatic carboxylic acids is 1. The van der Waals surface area contributed by atoms with Gasteiger partial charge in [-0.2, -0.15) is 0 Å². The Labute approximate surface area is 126 Å². The molecule has 0 bridgehead atoms. The van der Waals surface area contributed by atoms with E-state index < -0.39 is 21.1 Å². The second-order valence-corrected chi connectivity index (χ2v) is 8.20. The van der Waals surface area contributed by atoms with Crippen molar-refractivity contribution >= 4 is 27.5 Å². The molecule has 0 aliphatic carbocycles. The average molecular weight is 359 g/mol. The number of thiazole rings is 1. The van der Waals surface area contributed by atoms with Crippen molar-refractivity contribution in [2.75, 3.05) is 0 Å². The van der Waals surface area contributed by atoms with Gasteiger partial charge in [0.2, 0.25) is 0 Å². The molecule has 0 unspecified atom stereocenters. The first kappa shape index (κ1) is 16.7. The van der Waals surface area contributed by atoms with Crippen LogP contribution >= 0.6 is 21.6 Å². The van der Waals surface area contributed by atoms with E-state index in [4.69, 9.17) is 5.11 Å². The van der Waals surface area contributed by atoms with Crippen LogP contribution in [0.1, 0.15) is 10.6 Å². The maximum Gasteiger partial charge on any atom is 0.310 e. The van der Waals surface area contributed by atoms with E-state index in [1.807, 2.05) is 0 Å². The molecular formula is C12H10F5NO2S2. The Morgan fingerprint density at radius 2 is 1.73 bits per heavy atom. The predicted octanol–water partition coefficient (Wildman–Crippen LogP) is 5.40. The number of carboxylic acids is 1. The Balaban J connectivity index is 2.39. The van der Waals surface area contributed by atoms with Crippen molar-refractivity contribution in [2.45, 2.75) is 18.2 Å². The second kappa shape index (κ2) is 4.42. The molecular weight excluding hydrogens is 349 g/mol. The maximum absolute atomic E-state index is 12.6. The van der Waals surface area contributed by atoms with Crippen LogP contribution in [0.25, 0.3) is 10.6 Å². The molecule has 0 aliphatic rings. The van der Waals surface area contributed by atoms with Crippen LogP contribution in [-0.2, 0) is 11.2 Å². The summed E-state index contributed by atoms with van der Waals surface area (Å²) in [6.07, 6.45) is -0.314. The third-order valence-corrected chi connectivity index (χ3v) is 4.98. The van der Waals surface area contributed by atoms with Gasteiger partial charge >= 0.3 is 16.2 Å². The minimum absolute atomic E-state index is 0.218. The molecule has 0 saturated carbocycles. The molecule has 0 radical (unpaired) electrons. The minimum atomic E-state index is -9.69. The smallest absolute Gasteiger partial charge is 0.310 e. The average Bonchev–Trinajstić information content (AvgIpc) is 2.67. The lowest BCUT2D eigenvalue weighted by Crippen LogP contribution is -2.05. The van der Waals surface area contributed by atoms with Crippen molar-refractivity contribution in [3.63, 3.8) is 0 Å². The molecule has 2 rings (SSSR count). The summed E-state index contributed by atoms with van der Waals surface area (Å²) in [7, 11) is -9.69. The Morgan fingerprint density at radius 3 is 2.18 bits per heavy atom. The van der Waals surface area contributed by atoms with Crippen molar-refractivity contribution < 1.29 is 29.3 Å². The number of hydrogen-bond acceptors (Lipinski definition) is 3. The van der Waals surface area contributed by atoms with Gasteiger partial charge in [-0.05, 0) is 19.1 Å². The van der Waals surface area contributed by atoms with Gasteiger partial charge in [0.05, 0.1) is 12.1 Å². The third-order valence-electron chi connectivity index (χ3n) is 2.76. The number of nitrogens with zero attached hydrogens (tertiary/aromatic N) is 1. The second-order valence-electron chi connectivity index (χ2n) is 4.59. The highest BCUT2D eigenvalue weighted by atomic mass is 32.5. The molecule has 10 heteroatoms. The Kier molecular flexibility index (Phi) is 3.35. The van der Waals surface area contributed by atoms with E-state index in [1.54, 1.807) is 6.92 Å². The van der Waals surface area contributed by atoms with Gasteiger partial charge in [0.25, 0.3) is 0 Å². The number of aromatic nitrogens is 1. The highest BCUT2D eigenvalue weighted by molar-refractivity contribution is 8.45. The quantitative estimate of drug-likeness (QED) is 0.743. The number of carbonyl (C=O) groups is 1. The molecule has 0 fully saturated rings. The third kappa shape index (κ3) is 3.74. The number of halogens is 5. The number of benzene rings is 1. The monoisotopic (exact) mass is 359 g/mol. The summed E-state index contributed by atoms with van der Waals surface area (Å²) in [5, 5.41) is 8.99. The molecule has 1 N–H and O–H groups in total. The Morgan fingerprint density at radius 1 is 1.18 bits per heavy atom. The molecule has 0 spiro atoms. The molecule has 0 saturated heterocycles. The first-order valence-electron chi connectivity index (χ1n) is 5.79. The van der Waals surface area contributed by atoms with E-state index in [-0.39, 0.29) is 17.0 Å². The van der Waals surface area contributed by atoms with Crippen LogP contribution in [0.4, 0.5) is 19.4 Å². The van der Waals surface area contributed by atoms with Crippen LogP contribution < -0.4 is 0 Å². The van der Waals surface area contributed by atoms with E-state index in [2.05, 4.69) is 4.98 Å². The molecule has 0 amide bonds. The lowest BCUT2D eigenvalue weighted by molar-refractivity contribution is -0.136. The molecule has 3 nitrogen and oxygen atoms in total. The first-order valence-corrected chi connectivity index (χ1v) is 8.56. The summed E-state index contributed by atoms with van der Waals surface area (Å²) < 4.78 is 63.1. The molecule has 0 aliphatic heterocycles.